The molecule has 0 aliphatic rings. The van der Waals surface area contributed by atoms with Crippen LogP contribution in [0.15, 0.2) is 36.4 Å². The van der Waals surface area contributed by atoms with Gasteiger partial charge in [0.15, 0.2) is 11.5 Å². The van der Waals surface area contributed by atoms with E-state index < -0.39 is 0 Å². The molecule has 24 heavy (non-hydrogen) atoms. The molecule has 1 heterocycles. The zero-order chi connectivity index (χ0) is 15.5. The van der Waals surface area contributed by atoms with Crippen LogP contribution in [0.4, 0.5) is 0 Å². The lowest BCUT2D eigenvalue weighted by molar-refractivity contribution is 0.356. The van der Waals surface area contributed by atoms with Crippen molar-refractivity contribution in [1.82, 2.24) is 9.97 Å². The van der Waals surface area contributed by atoms with Gasteiger partial charge >= 0.3 is 0 Å². The molecule has 0 bridgehead atoms. The molecule has 0 spiro atoms. The third-order valence-electron chi connectivity index (χ3n) is 3.63. The van der Waals surface area contributed by atoms with E-state index in [2.05, 4.69) is 9.97 Å². The number of aromatic amines is 1. The van der Waals surface area contributed by atoms with Gasteiger partial charge in [0, 0.05) is 12.0 Å². The molecule has 2 aromatic carbocycles. The number of H-pyrrole nitrogens is 1. The van der Waals surface area contributed by atoms with Crippen molar-refractivity contribution in [2.75, 3.05) is 20.8 Å². The first kappa shape index (κ1) is 20.1. The number of aromatic nitrogens is 2. The van der Waals surface area contributed by atoms with Crippen LogP contribution in [0.25, 0.3) is 22.2 Å². The second-order valence-corrected chi connectivity index (χ2v) is 5.00. The van der Waals surface area contributed by atoms with E-state index in [0.717, 1.165) is 40.2 Å². The van der Waals surface area contributed by atoms with Crippen molar-refractivity contribution < 1.29 is 9.47 Å². The highest BCUT2D eigenvalue weighted by Gasteiger charge is 2.12. The highest BCUT2D eigenvalue weighted by Crippen LogP contribution is 2.38. The standard InChI is InChI=1S/C17H19N3O2.2ClH/c1-21-15-5-3-4-12(17(15)22-2)11-6-7-13-14(10-11)20-16(19-13)8-9-18;;/h3-7,10H,8-9,18H2,1-2H3,(H,19,20);2*1H. The SMILES string of the molecule is COc1cccc(-c2ccc3[nH]c(CCN)nc3c2)c1OC.Cl.Cl. The van der Waals surface area contributed by atoms with E-state index in [4.69, 9.17) is 15.2 Å². The third-order valence-corrected chi connectivity index (χ3v) is 3.63. The Balaban J connectivity index is 0.00000144. The number of nitrogens with zero attached hydrogens (tertiary/aromatic N) is 1. The predicted molar refractivity (Wildman–Crippen MR) is 102 cm³/mol. The topological polar surface area (TPSA) is 73.2 Å². The third kappa shape index (κ3) is 3.75. The minimum atomic E-state index is 0. The second-order valence-electron chi connectivity index (χ2n) is 5.00. The van der Waals surface area contributed by atoms with Gasteiger partial charge in [-0.15, -0.1) is 24.8 Å². The summed E-state index contributed by atoms with van der Waals surface area (Å²) in [5.41, 5.74) is 9.53. The molecular weight excluding hydrogens is 349 g/mol. The van der Waals surface area contributed by atoms with Crippen molar-refractivity contribution in [2.24, 2.45) is 5.73 Å². The molecule has 0 atom stereocenters. The van der Waals surface area contributed by atoms with Crippen molar-refractivity contribution in [3.05, 3.63) is 42.2 Å². The molecule has 0 saturated heterocycles. The van der Waals surface area contributed by atoms with Gasteiger partial charge in [-0.1, -0.05) is 18.2 Å². The van der Waals surface area contributed by atoms with E-state index in [1.807, 2.05) is 36.4 Å². The molecule has 0 fully saturated rings. The lowest BCUT2D eigenvalue weighted by Gasteiger charge is -2.12. The highest BCUT2D eigenvalue weighted by molar-refractivity contribution is 5.86. The Bertz CT molecular complexity index is 806. The maximum Gasteiger partial charge on any atom is 0.168 e. The summed E-state index contributed by atoms with van der Waals surface area (Å²) >= 11 is 0. The van der Waals surface area contributed by atoms with Crippen molar-refractivity contribution in [3.63, 3.8) is 0 Å². The Morgan fingerprint density at radius 3 is 2.54 bits per heavy atom. The number of ether oxygens (including phenoxy) is 2. The van der Waals surface area contributed by atoms with Crippen LogP contribution in [0.2, 0.25) is 0 Å². The number of nitrogens with one attached hydrogen (secondary N) is 1. The summed E-state index contributed by atoms with van der Waals surface area (Å²) in [7, 11) is 3.28. The Hall–Kier alpha value is -1.95. The van der Waals surface area contributed by atoms with Crippen LogP contribution >= 0.6 is 24.8 Å². The molecule has 0 saturated carbocycles. The molecule has 7 heteroatoms. The first-order chi connectivity index (χ1) is 10.8. The Morgan fingerprint density at radius 2 is 1.88 bits per heavy atom. The van der Waals surface area contributed by atoms with Crippen LogP contribution in [-0.2, 0) is 6.42 Å². The molecule has 5 nitrogen and oxygen atoms in total. The molecule has 3 N–H and O–H groups in total. The van der Waals surface area contributed by atoms with E-state index in [0.29, 0.717) is 12.3 Å². The van der Waals surface area contributed by atoms with Crippen LogP contribution < -0.4 is 15.2 Å². The minimum absolute atomic E-state index is 0. The average molecular weight is 370 g/mol. The fraction of sp³-hybridized carbons (Fsp3) is 0.235. The van der Waals surface area contributed by atoms with Crippen LogP contribution in [0.5, 0.6) is 11.5 Å². The molecule has 0 aliphatic carbocycles. The smallest absolute Gasteiger partial charge is 0.168 e. The highest BCUT2D eigenvalue weighted by atomic mass is 35.5. The number of imidazole rings is 1. The summed E-state index contributed by atoms with van der Waals surface area (Å²) in [6.45, 7) is 0.580. The van der Waals surface area contributed by atoms with Crippen LogP contribution in [-0.4, -0.2) is 30.7 Å². The van der Waals surface area contributed by atoms with Gasteiger partial charge in [-0.25, -0.2) is 4.98 Å². The van der Waals surface area contributed by atoms with Crippen LogP contribution in [0.1, 0.15) is 5.82 Å². The zero-order valence-corrected chi connectivity index (χ0v) is 15.2. The average Bonchev–Trinajstić information content (AvgIpc) is 2.95. The summed E-state index contributed by atoms with van der Waals surface area (Å²) in [5.74, 6) is 2.35. The van der Waals surface area contributed by atoms with E-state index >= 15 is 0 Å². The fourth-order valence-corrected chi connectivity index (χ4v) is 2.60. The molecule has 3 rings (SSSR count). The number of benzene rings is 2. The Kier molecular flexibility index (Phi) is 7.35. The fourth-order valence-electron chi connectivity index (χ4n) is 2.60. The van der Waals surface area contributed by atoms with Gasteiger partial charge in [0.25, 0.3) is 0 Å². The molecule has 3 aromatic rings. The molecule has 0 amide bonds. The van der Waals surface area contributed by atoms with Gasteiger partial charge in [0.1, 0.15) is 5.82 Å². The van der Waals surface area contributed by atoms with Crippen molar-refractivity contribution in [2.45, 2.75) is 6.42 Å². The van der Waals surface area contributed by atoms with Crippen molar-refractivity contribution in [3.8, 4) is 22.6 Å². The van der Waals surface area contributed by atoms with Crippen LogP contribution in [0, 0.1) is 0 Å². The van der Waals surface area contributed by atoms with Gasteiger partial charge in [0.05, 0.1) is 25.3 Å². The molecule has 0 unspecified atom stereocenters. The summed E-state index contributed by atoms with van der Waals surface area (Å²) in [5, 5.41) is 0. The minimum Gasteiger partial charge on any atom is -0.493 e. The van der Waals surface area contributed by atoms with E-state index in [9.17, 15) is 0 Å². The number of hydrogen-bond acceptors (Lipinski definition) is 4. The molecule has 0 aliphatic heterocycles. The second kappa shape index (κ2) is 8.78. The molecule has 130 valence electrons. The normalized spacial score (nSPS) is 9.96. The lowest BCUT2D eigenvalue weighted by atomic mass is 10.0. The molecular formula is C17H21Cl2N3O2. The molecule has 1 aromatic heterocycles. The van der Waals surface area contributed by atoms with Gasteiger partial charge in [-0.2, -0.15) is 0 Å². The Labute approximate surface area is 153 Å². The van der Waals surface area contributed by atoms with E-state index in [1.54, 1.807) is 14.2 Å². The van der Waals surface area contributed by atoms with Crippen molar-refractivity contribution in [1.29, 1.82) is 0 Å². The quantitative estimate of drug-likeness (QED) is 0.720. The maximum absolute atomic E-state index is 5.58. The number of rotatable bonds is 5. The van der Waals surface area contributed by atoms with Gasteiger partial charge in [0.2, 0.25) is 0 Å². The number of fused-ring (bicyclic) bond motifs is 1. The number of nitrogens with two attached hydrogens (primary N) is 1. The van der Waals surface area contributed by atoms with E-state index in [-0.39, 0.29) is 24.8 Å². The first-order valence-electron chi connectivity index (χ1n) is 7.17. The van der Waals surface area contributed by atoms with Crippen molar-refractivity contribution >= 4 is 35.8 Å². The van der Waals surface area contributed by atoms with Gasteiger partial charge in [-0.3, -0.25) is 0 Å². The zero-order valence-electron chi connectivity index (χ0n) is 13.5. The summed E-state index contributed by atoms with van der Waals surface area (Å²) in [6, 6.07) is 12.0. The molecule has 0 radical (unpaired) electrons. The van der Waals surface area contributed by atoms with Gasteiger partial charge < -0.3 is 20.2 Å². The summed E-state index contributed by atoms with van der Waals surface area (Å²) < 4.78 is 10.9. The largest absolute Gasteiger partial charge is 0.493 e. The number of para-hydroxylation sites is 1. The maximum atomic E-state index is 5.58. The number of hydrogen-bond donors (Lipinski definition) is 2. The predicted octanol–water partition coefficient (Wildman–Crippen LogP) is 3.59. The summed E-state index contributed by atoms with van der Waals surface area (Å²) in [4.78, 5) is 7.86. The number of halogens is 2. The number of methoxy groups -OCH3 is 2. The summed E-state index contributed by atoms with van der Waals surface area (Å²) in [6.07, 6.45) is 0.743. The van der Waals surface area contributed by atoms with Crippen LogP contribution in [0.3, 0.4) is 0 Å². The Morgan fingerprint density at radius 1 is 1.08 bits per heavy atom. The lowest BCUT2D eigenvalue weighted by Crippen LogP contribution is -2.03. The van der Waals surface area contributed by atoms with Gasteiger partial charge in [-0.05, 0) is 30.3 Å². The van der Waals surface area contributed by atoms with E-state index in [1.165, 1.54) is 0 Å². The first-order valence-corrected chi connectivity index (χ1v) is 7.17. The monoisotopic (exact) mass is 369 g/mol.